The van der Waals surface area contributed by atoms with Crippen LogP contribution in [0.4, 0.5) is 0 Å². The number of para-hydroxylation sites is 1. The molecule has 5 heteroatoms. The number of hydrogen-bond acceptors (Lipinski definition) is 4. The van der Waals surface area contributed by atoms with E-state index in [0.29, 0.717) is 25.7 Å². The highest BCUT2D eigenvalue weighted by Gasteiger charge is 2.27. The summed E-state index contributed by atoms with van der Waals surface area (Å²) in [5.41, 5.74) is 0. The number of amides is 1. The Kier molecular flexibility index (Phi) is 5.88. The van der Waals surface area contributed by atoms with Gasteiger partial charge in [0.1, 0.15) is 12.4 Å². The quantitative estimate of drug-likeness (QED) is 0.833. The number of rotatable bonds is 7. The van der Waals surface area contributed by atoms with Crippen LogP contribution < -0.4 is 10.1 Å². The Labute approximate surface area is 137 Å². The molecule has 2 fully saturated rings. The molecule has 1 aromatic carbocycles. The van der Waals surface area contributed by atoms with Crippen LogP contribution in [0.15, 0.2) is 30.3 Å². The maximum atomic E-state index is 12.1. The molecule has 126 valence electrons. The molecular formula is C18H26N2O3. The number of benzene rings is 1. The van der Waals surface area contributed by atoms with Gasteiger partial charge in [0.05, 0.1) is 12.6 Å². The molecule has 2 atom stereocenters. The molecule has 0 spiro atoms. The summed E-state index contributed by atoms with van der Waals surface area (Å²) >= 11 is 0. The lowest BCUT2D eigenvalue weighted by molar-refractivity contribution is -0.123. The molecule has 23 heavy (non-hydrogen) atoms. The maximum Gasteiger partial charge on any atom is 0.234 e. The fourth-order valence-electron chi connectivity index (χ4n) is 3.27. The van der Waals surface area contributed by atoms with Crippen molar-refractivity contribution < 1.29 is 14.3 Å². The number of ether oxygens (including phenoxy) is 2. The monoisotopic (exact) mass is 318 g/mol. The highest BCUT2D eigenvalue weighted by molar-refractivity contribution is 5.78. The van der Waals surface area contributed by atoms with Gasteiger partial charge in [0.2, 0.25) is 5.91 Å². The number of nitrogens with one attached hydrogen (secondary N) is 1. The molecule has 0 aliphatic carbocycles. The van der Waals surface area contributed by atoms with Gasteiger partial charge >= 0.3 is 0 Å². The number of carbonyl (C=O) groups is 1. The molecule has 2 heterocycles. The minimum absolute atomic E-state index is 0.0899. The molecule has 5 nitrogen and oxygen atoms in total. The number of nitrogens with zero attached hydrogens (tertiary/aromatic N) is 1. The summed E-state index contributed by atoms with van der Waals surface area (Å²) in [7, 11) is 0. The van der Waals surface area contributed by atoms with E-state index in [4.69, 9.17) is 9.47 Å². The average molecular weight is 318 g/mol. The summed E-state index contributed by atoms with van der Waals surface area (Å²) < 4.78 is 11.4. The Morgan fingerprint density at radius 3 is 2.91 bits per heavy atom. The predicted octanol–water partition coefficient (Wildman–Crippen LogP) is 1.83. The van der Waals surface area contributed by atoms with Crippen molar-refractivity contribution in [3.63, 3.8) is 0 Å². The number of hydrogen-bond donors (Lipinski definition) is 1. The summed E-state index contributed by atoms with van der Waals surface area (Å²) in [5.74, 6) is 0.981. The normalized spacial score (nSPS) is 24.7. The van der Waals surface area contributed by atoms with Crippen molar-refractivity contribution in [1.82, 2.24) is 10.2 Å². The zero-order valence-electron chi connectivity index (χ0n) is 13.6. The van der Waals surface area contributed by atoms with E-state index in [1.165, 1.54) is 0 Å². The highest BCUT2D eigenvalue weighted by atomic mass is 16.5. The third kappa shape index (κ3) is 4.94. The molecule has 2 saturated heterocycles. The van der Waals surface area contributed by atoms with Gasteiger partial charge in [-0.2, -0.15) is 0 Å². The first-order valence-electron chi connectivity index (χ1n) is 8.61. The minimum atomic E-state index is 0.0899. The lowest BCUT2D eigenvalue weighted by atomic mass is 10.2. The molecule has 3 rings (SSSR count). The topological polar surface area (TPSA) is 50.8 Å². The SMILES string of the molecule is O=C(CN1CCCC1COc1ccccc1)NCC1CCCO1. The van der Waals surface area contributed by atoms with Gasteiger partial charge in [-0.05, 0) is 44.4 Å². The molecule has 0 aromatic heterocycles. The molecule has 0 radical (unpaired) electrons. The Bertz CT molecular complexity index is 488. The Morgan fingerprint density at radius 2 is 2.13 bits per heavy atom. The van der Waals surface area contributed by atoms with Crippen molar-refractivity contribution in [2.24, 2.45) is 0 Å². The van der Waals surface area contributed by atoms with Crippen molar-refractivity contribution >= 4 is 5.91 Å². The minimum Gasteiger partial charge on any atom is -0.492 e. The Balaban J connectivity index is 1.40. The standard InChI is InChI=1S/C18H26N2O3/c21-18(19-12-17-9-5-11-22-17)13-20-10-4-6-15(20)14-23-16-7-2-1-3-8-16/h1-3,7-8,15,17H,4-6,9-14H2,(H,19,21). The van der Waals surface area contributed by atoms with Crippen molar-refractivity contribution in [1.29, 1.82) is 0 Å². The largest absolute Gasteiger partial charge is 0.492 e. The Morgan fingerprint density at radius 1 is 1.26 bits per heavy atom. The van der Waals surface area contributed by atoms with Gasteiger partial charge in [0.25, 0.3) is 0 Å². The zero-order chi connectivity index (χ0) is 15.9. The van der Waals surface area contributed by atoms with E-state index in [0.717, 1.165) is 44.6 Å². The molecule has 2 aliphatic heterocycles. The average Bonchev–Trinajstić information content (AvgIpc) is 3.24. The summed E-state index contributed by atoms with van der Waals surface area (Å²) in [5, 5.41) is 3.00. The van der Waals surface area contributed by atoms with Gasteiger partial charge < -0.3 is 14.8 Å². The third-order valence-electron chi connectivity index (χ3n) is 4.58. The second kappa shape index (κ2) is 8.31. The van der Waals surface area contributed by atoms with Crippen LogP contribution in [0.3, 0.4) is 0 Å². The van der Waals surface area contributed by atoms with Gasteiger partial charge in [-0.3, -0.25) is 9.69 Å². The first kappa shape index (κ1) is 16.3. The lowest BCUT2D eigenvalue weighted by Gasteiger charge is -2.24. The van der Waals surface area contributed by atoms with Crippen LogP contribution in [0.2, 0.25) is 0 Å². The summed E-state index contributed by atoms with van der Waals surface area (Å²) in [6, 6.07) is 10.2. The van der Waals surface area contributed by atoms with Crippen LogP contribution in [0, 0.1) is 0 Å². The summed E-state index contributed by atoms with van der Waals surface area (Å²) in [4.78, 5) is 14.4. The fourth-order valence-corrected chi connectivity index (χ4v) is 3.27. The Hall–Kier alpha value is -1.59. The van der Waals surface area contributed by atoms with E-state index < -0.39 is 0 Å². The van der Waals surface area contributed by atoms with E-state index in [9.17, 15) is 4.79 Å². The van der Waals surface area contributed by atoms with Crippen LogP contribution >= 0.6 is 0 Å². The van der Waals surface area contributed by atoms with Crippen LogP contribution in [0.25, 0.3) is 0 Å². The second-order valence-corrected chi connectivity index (χ2v) is 6.33. The van der Waals surface area contributed by atoms with Crippen molar-refractivity contribution in [2.45, 2.75) is 37.8 Å². The van der Waals surface area contributed by atoms with Gasteiger partial charge in [-0.15, -0.1) is 0 Å². The van der Waals surface area contributed by atoms with Gasteiger partial charge in [-0.1, -0.05) is 18.2 Å². The third-order valence-corrected chi connectivity index (χ3v) is 4.58. The van der Waals surface area contributed by atoms with Gasteiger partial charge in [-0.25, -0.2) is 0 Å². The molecule has 0 bridgehead atoms. The van der Waals surface area contributed by atoms with Crippen molar-refractivity contribution in [3.8, 4) is 5.75 Å². The van der Waals surface area contributed by atoms with Crippen molar-refractivity contribution in [2.75, 3.05) is 32.8 Å². The van der Waals surface area contributed by atoms with Crippen LogP contribution in [-0.4, -0.2) is 55.8 Å². The van der Waals surface area contributed by atoms with Gasteiger partial charge in [0, 0.05) is 19.2 Å². The van der Waals surface area contributed by atoms with E-state index in [1.807, 2.05) is 30.3 Å². The smallest absolute Gasteiger partial charge is 0.234 e. The predicted molar refractivity (Wildman–Crippen MR) is 88.5 cm³/mol. The molecule has 1 aromatic rings. The second-order valence-electron chi connectivity index (χ2n) is 6.33. The van der Waals surface area contributed by atoms with E-state index in [-0.39, 0.29) is 12.0 Å². The van der Waals surface area contributed by atoms with E-state index in [1.54, 1.807) is 0 Å². The van der Waals surface area contributed by atoms with Gasteiger partial charge in [0.15, 0.2) is 0 Å². The van der Waals surface area contributed by atoms with Crippen LogP contribution in [0.5, 0.6) is 5.75 Å². The number of likely N-dealkylation sites (tertiary alicyclic amines) is 1. The zero-order valence-corrected chi connectivity index (χ0v) is 13.6. The molecule has 2 aliphatic rings. The summed E-state index contributed by atoms with van der Waals surface area (Å²) in [6.07, 6.45) is 4.58. The first-order chi connectivity index (χ1) is 11.3. The molecule has 2 unspecified atom stereocenters. The van der Waals surface area contributed by atoms with E-state index >= 15 is 0 Å². The number of carbonyl (C=O) groups excluding carboxylic acids is 1. The van der Waals surface area contributed by atoms with Crippen molar-refractivity contribution in [3.05, 3.63) is 30.3 Å². The molecular weight excluding hydrogens is 292 g/mol. The lowest BCUT2D eigenvalue weighted by Crippen LogP contribution is -2.43. The first-order valence-corrected chi connectivity index (χ1v) is 8.61. The summed E-state index contributed by atoms with van der Waals surface area (Å²) in [6.45, 7) is 3.53. The maximum absolute atomic E-state index is 12.1. The van der Waals surface area contributed by atoms with Crippen LogP contribution in [-0.2, 0) is 9.53 Å². The highest BCUT2D eigenvalue weighted by Crippen LogP contribution is 2.19. The molecule has 0 saturated carbocycles. The van der Waals surface area contributed by atoms with Crippen LogP contribution in [0.1, 0.15) is 25.7 Å². The molecule has 1 N–H and O–H groups in total. The fraction of sp³-hybridized carbons (Fsp3) is 0.611. The van der Waals surface area contributed by atoms with E-state index in [2.05, 4.69) is 10.2 Å². The molecule has 1 amide bonds.